The van der Waals surface area contributed by atoms with Crippen molar-refractivity contribution in [1.29, 1.82) is 0 Å². The van der Waals surface area contributed by atoms with Gasteiger partial charge in [0, 0.05) is 16.3 Å². The van der Waals surface area contributed by atoms with Crippen LogP contribution in [0.4, 0.5) is 5.69 Å². The number of amides is 1. The zero-order valence-electron chi connectivity index (χ0n) is 11.6. The maximum atomic E-state index is 12.1. The first kappa shape index (κ1) is 15.4. The fourth-order valence-corrected chi connectivity index (χ4v) is 2.15. The summed E-state index contributed by atoms with van der Waals surface area (Å²) in [6.07, 6.45) is 0.172. The van der Waals surface area contributed by atoms with E-state index in [1.165, 1.54) is 0 Å². The Balaban J connectivity index is 2.05. The molecule has 0 radical (unpaired) electrons. The maximum Gasteiger partial charge on any atom is 0.228 e. The molecule has 0 aliphatic carbocycles. The lowest BCUT2D eigenvalue weighted by atomic mass is 10.1. The standard InChI is InChI=1S/C16H16ClNO3/c1-21-15-7-4-13(17)8-12(15)9-16(20)18-14-5-2-11(10-19)3-6-14/h2-8,19H,9-10H2,1H3,(H,18,20). The fourth-order valence-electron chi connectivity index (χ4n) is 1.96. The largest absolute Gasteiger partial charge is 0.496 e. The van der Waals surface area contributed by atoms with Crippen LogP contribution in [0.3, 0.4) is 0 Å². The predicted octanol–water partition coefficient (Wildman–Crippen LogP) is 3.02. The average molecular weight is 306 g/mol. The Morgan fingerprint density at radius 2 is 1.95 bits per heavy atom. The zero-order chi connectivity index (χ0) is 15.2. The molecule has 2 rings (SSSR count). The number of ether oxygens (including phenoxy) is 1. The zero-order valence-corrected chi connectivity index (χ0v) is 12.4. The van der Waals surface area contributed by atoms with E-state index in [1.54, 1.807) is 49.6 Å². The van der Waals surface area contributed by atoms with Crippen molar-refractivity contribution in [2.45, 2.75) is 13.0 Å². The molecule has 5 heteroatoms. The molecule has 110 valence electrons. The number of carbonyl (C=O) groups is 1. The number of aliphatic hydroxyl groups excluding tert-OH is 1. The van der Waals surface area contributed by atoms with Crippen molar-refractivity contribution in [3.63, 3.8) is 0 Å². The number of hydrogen-bond acceptors (Lipinski definition) is 3. The number of hydrogen-bond donors (Lipinski definition) is 2. The normalized spacial score (nSPS) is 10.2. The average Bonchev–Trinajstić information content (AvgIpc) is 2.48. The number of carbonyl (C=O) groups excluding carboxylic acids is 1. The number of nitrogens with one attached hydrogen (secondary N) is 1. The summed E-state index contributed by atoms with van der Waals surface area (Å²) in [5.74, 6) is 0.470. The lowest BCUT2D eigenvalue weighted by Crippen LogP contribution is -2.15. The van der Waals surface area contributed by atoms with Gasteiger partial charge >= 0.3 is 0 Å². The minimum atomic E-state index is -0.160. The number of aliphatic hydroxyl groups is 1. The molecule has 0 fully saturated rings. The van der Waals surface area contributed by atoms with Gasteiger partial charge in [0.1, 0.15) is 5.75 Å². The molecular weight excluding hydrogens is 290 g/mol. The Labute approximate surface area is 128 Å². The second kappa shape index (κ2) is 7.11. The van der Waals surface area contributed by atoms with E-state index in [9.17, 15) is 4.79 Å². The molecule has 0 atom stereocenters. The van der Waals surface area contributed by atoms with Crippen LogP contribution in [0.5, 0.6) is 5.75 Å². The van der Waals surface area contributed by atoms with Gasteiger partial charge in [0.05, 0.1) is 20.1 Å². The Kier molecular flexibility index (Phi) is 5.20. The summed E-state index contributed by atoms with van der Waals surface area (Å²) in [5.41, 5.74) is 2.21. The SMILES string of the molecule is COc1ccc(Cl)cc1CC(=O)Nc1ccc(CO)cc1. The second-order valence-corrected chi connectivity index (χ2v) is 4.97. The molecule has 0 heterocycles. The van der Waals surface area contributed by atoms with Crippen molar-refractivity contribution >= 4 is 23.2 Å². The Morgan fingerprint density at radius 3 is 2.57 bits per heavy atom. The van der Waals surface area contributed by atoms with E-state index in [0.717, 1.165) is 11.1 Å². The third-order valence-electron chi connectivity index (χ3n) is 3.01. The minimum Gasteiger partial charge on any atom is -0.496 e. The van der Waals surface area contributed by atoms with Crippen molar-refractivity contribution < 1.29 is 14.6 Å². The highest BCUT2D eigenvalue weighted by atomic mass is 35.5. The second-order valence-electron chi connectivity index (χ2n) is 4.54. The van der Waals surface area contributed by atoms with Crippen LogP contribution in [0.15, 0.2) is 42.5 Å². The quantitative estimate of drug-likeness (QED) is 0.892. The van der Waals surface area contributed by atoms with E-state index in [2.05, 4.69) is 5.32 Å². The van der Waals surface area contributed by atoms with E-state index in [1.807, 2.05) is 0 Å². The molecule has 2 aromatic rings. The van der Waals surface area contributed by atoms with Gasteiger partial charge in [0.15, 0.2) is 0 Å². The molecule has 21 heavy (non-hydrogen) atoms. The summed E-state index contributed by atoms with van der Waals surface area (Å²) in [4.78, 5) is 12.1. The summed E-state index contributed by atoms with van der Waals surface area (Å²) in [6.45, 7) is -0.0199. The molecule has 4 nitrogen and oxygen atoms in total. The van der Waals surface area contributed by atoms with Crippen molar-refractivity contribution in [2.24, 2.45) is 0 Å². The third kappa shape index (κ3) is 4.21. The molecule has 0 spiro atoms. The van der Waals surface area contributed by atoms with Gasteiger partial charge in [-0.25, -0.2) is 0 Å². The van der Waals surface area contributed by atoms with E-state index >= 15 is 0 Å². The summed E-state index contributed by atoms with van der Waals surface area (Å²) in [5, 5.41) is 12.3. The van der Waals surface area contributed by atoms with Crippen molar-refractivity contribution in [3.05, 3.63) is 58.6 Å². The van der Waals surface area contributed by atoms with Crippen LogP contribution in [0.2, 0.25) is 5.02 Å². The maximum absolute atomic E-state index is 12.1. The molecule has 0 saturated carbocycles. The van der Waals surface area contributed by atoms with Gasteiger partial charge in [-0.1, -0.05) is 23.7 Å². The Bertz CT molecular complexity index is 626. The predicted molar refractivity (Wildman–Crippen MR) is 82.7 cm³/mol. The van der Waals surface area contributed by atoms with E-state index in [4.69, 9.17) is 21.4 Å². The van der Waals surface area contributed by atoms with Crippen LogP contribution in [0, 0.1) is 0 Å². The first-order valence-electron chi connectivity index (χ1n) is 6.44. The summed E-state index contributed by atoms with van der Waals surface area (Å²) >= 11 is 5.94. The van der Waals surface area contributed by atoms with Crippen LogP contribution >= 0.6 is 11.6 Å². The Hall–Kier alpha value is -2.04. The van der Waals surface area contributed by atoms with E-state index in [0.29, 0.717) is 16.5 Å². The van der Waals surface area contributed by atoms with Crippen LogP contribution < -0.4 is 10.1 Å². The smallest absolute Gasteiger partial charge is 0.228 e. The highest BCUT2D eigenvalue weighted by Gasteiger charge is 2.10. The number of rotatable bonds is 5. The van der Waals surface area contributed by atoms with Gasteiger partial charge in [0.2, 0.25) is 5.91 Å². The van der Waals surface area contributed by atoms with Gasteiger partial charge in [-0.05, 0) is 35.9 Å². The van der Waals surface area contributed by atoms with Crippen molar-refractivity contribution in [1.82, 2.24) is 0 Å². The molecule has 2 N–H and O–H groups in total. The van der Waals surface area contributed by atoms with Gasteiger partial charge < -0.3 is 15.2 Å². The fraction of sp³-hybridized carbons (Fsp3) is 0.188. The lowest BCUT2D eigenvalue weighted by Gasteiger charge is -2.10. The summed E-state index contributed by atoms with van der Waals surface area (Å²) in [7, 11) is 1.55. The van der Waals surface area contributed by atoms with Gasteiger partial charge in [0.25, 0.3) is 0 Å². The lowest BCUT2D eigenvalue weighted by molar-refractivity contribution is -0.115. The molecule has 0 bridgehead atoms. The Morgan fingerprint density at radius 1 is 1.24 bits per heavy atom. The van der Waals surface area contributed by atoms with Gasteiger partial charge in [-0.15, -0.1) is 0 Å². The number of anilines is 1. The molecule has 1 amide bonds. The number of methoxy groups -OCH3 is 1. The molecule has 2 aromatic carbocycles. The molecule has 0 saturated heterocycles. The minimum absolute atomic E-state index is 0.0199. The van der Waals surface area contributed by atoms with E-state index in [-0.39, 0.29) is 18.9 Å². The van der Waals surface area contributed by atoms with Crippen molar-refractivity contribution in [2.75, 3.05) is 12.4 Å². The van der Waals surface area contributed by atoms with Gasteiger partial charge in [-0.2, -0.15) is 0 Å². The highest BCUT2D eigenvalue weighted by Crippen LogP contribution is 2.23. The molecular formula is C16H16ClNO3. The molecule has 0 aliphatic heterocycles. The topological polar surface area (TPSA) is 58.6 Å². The highest BCUT2D eigenvalue weighted by molar-refractivity contribution is 6.30. The summed E-state index contributed by atoms with van der Waals surface area (Å²) in [6, 6.07) is 12.2. The van der Waals surface area contributed by atoms with Crippen LogP contribution in [-0.4, -0.2) is 18.1 Å². The first-order valence-corrected chi connectivity index (χ1v) is 6.82. The van der Waals surface area contributed by atoms with Crippen LogP contribution in [0.25, 0.3) is 0 Å². The summed E-state index contributed by atoms with van der Waals surface area (Å²) < 4.78 is 5.22. The monoisotopic (exact) mass is 305 g/mol. The third-order valence-corrected chi connectivity index (χ3v) is 3.25. The van der Waals surface area contributed by atoms with Crippen molar-refractivity contribution in [3.8, 4) is 5.75 Å². The van der Waals surface area contributed by atoms with Crippen LogP contribution in [-0.2, 0) is 17.8 Å². The number of halogens is 1. The van der Waals surface area contributed by atoms with Crippen LogP contribution in [0.1, 0.15) is 11.1 Å². The molecule has 0 aliphatic rings. The first-order chi connectivity index (χ1) is 10.1. The van der Waals surface area contributed by atoms with E-state index < -0.39 is 0 Å². The molecule has 0 aromatic heterocycles. The number of benzene rings is 2. The molecule has 0 unspecified atom stereocenters. The van der Waals surface area contributed by atoms with Gasteiger partial charge in [-0.3, -0.25) is 4.79 Å².